The Hall–Kier alpha value is -2.89. The number of benzene rings is 2. The van der Waals surface area contributed by atoms with Crippen molar-refractivity contribution in [2.75, 3.05) is 6.61 Å². The maximum Gasteiger partial charge on any atom is 0.335 e. The smallest absolute Gasteiger partial charge is 0.335 e. The van der Waals surface area contributed by atoms with Gasteiger partial charge in [0, 0.05) is 17.7 Å². The predicted octanol–water partition coefficient (Wildman–Crippen LogP) is 3.36. The Morgan fingerprint density at radius 3 is 2.62 bits per heavy atom. The molecule has 108 valence electrons. The first-order valence-electron chi connectivity index (χ1n) is 6.28. The molecule has 0 fully saturated rings. The average Bonchev–Trinajstić information content (AvgIpc) is 2.47. The van der Waals surface area contributed by atoms with Crippen molar-refractivity contribution < 1.29 is 19.6 Å². The molecule has 0 aromatic heterocycles. The van der Waals surface area contributed by atoms with E-state index in [1.54, 1.807) is 24.3 Å². The largest absolute Gasteiger partial charge is 0.493 e. The molecule has 1 N–H and O–H groups in total. The number of hydrogen-bond acceptors (Lipinski definition) is 4. The standard InChI is InChI=1S/C15H13NO5/c1-2-21-14-6-4-3-5-13(14)10-7-11(15(17)18)9-12(8-10)16(19)20/h3-9H,2H2,1H3,(H,17,18). The molecule has 6 nitrogen and oxygen atoms in total. The highest BCUT2D eigenvalue weighted by atomic mass is 16.6. The molecule has 0 heterocycles. The summed E-state index contributed by atoms with van der Waals surface area (Å²) in [4.78, 5) is 21.5. The SMILES string of the molecule is CCOc1ccccc1-c1cc(C(=O)O)cc([N+](=O)[O-])c1. The van der Waals surface area contributed by atoms with Crippen LogP contribution in [0.2, 0.25) is 0 Å². The van der Waals surface area contributed by atoms with E-state index in [1.165, 1.54) is 12.1 Å². The van der Waals surface area contributed by atoms with Crippen molar-refractivity contribution in [2.45, 2.75) is 6.92 Å². The summed E-state index contributed by atoms with van der Waals surface area (Å²) in [6.45, 7) is 2.27. The first kappa shape index (κ1) is 14.5. The number of aromatic carboxylic acids is 1. The van der Waals surface area contributed by atoms with Gasteiger partial charge >= 0.3 is 5.97 Å². The molecule has 0 amide bonds. The van der Waals surface area contributed by atoms with Crippen LogP contribution >= 0.6 is 0 Å². The van der Waals surface area contributed by atoms with E-state index >= 15 is 0 Å². The summed E-state index contributed by atoms with van der Waals surface area (Å²) in [6.07, 6.45) is 0. The minimum atomic E-state index is -1.21. The van der Waals surface area contributed by atoms with E-state index in [0.717, 1.165) is 6.07 Å². The molecule has 0 atom stereocenters. The Morgan fingerprint density at radius 1 is 1.29 bits per heavy atom. The molecule has 0 radical (unpaired) electrons. The summed E-state index contributed by atoms with van der Waals surface area (Å²) >= 11 is 0. The minimum absolute atomic E-state index is 0.134. The van der Waals surface area contributed by atoms with Gasteiger partial charge in [-0.15, -0.1) is 0 Å². The second kappa shape index (κ2) is 6.04. The number of para-hydroxylation sites is 1. The van der Waals surface area contributed by atoms with Gasteiger partial charge in [0.15, 0.2) is 0 Å². The summed E-state index contributed by atoms with van der Waals surface area (Å²) in [7, 11) is 0. The van der Waals surface area contributed by atoms with Gasteiger partial charge < -0.3 is 9.84 Å². The highest BCUT2D eigenvalue weighted by molar-refractivity contribution is 5.91. The van der Waals surface area contributed by atoms with Gasteiger partial charge in [0.05, 0.1) is 17.1 Å². The Labute approximate surface area is 120 Å². The number of nitro groups is 1. The highest BCUT2D eigenvalue weighted by Gasteiger charge is 2.16. The molecular formula is C15H13NO5. The lowest BCUT2D eigenvalue weighted by Gasteiger charge is -2.10. The van der Waals surface area contributed by atoms with E-state index in [4.69, 9.17) is 9.84 Å². The molecule has 21 heavy (non-hydrogen) atoms. The Kier molecular flexibility index (Phi) is 4.18. The fraction of sp³-hybridized carbons (Fsp3) is 0.133. The van der Waals surface area contributed by atoms with Crippen molar-refractivity contribution in [3.05, 3.63) is 58.1 Å². The van der Waals surface area contributed by atoms with Gasteiger partial charge in [0.25, 0.3) is 5.69 Å². The monoisotopic (exact) mass is 287 g/mol. The molecule has 2 aromatic carbocycles. The number of hydrogen-bond donors (Lipinski definition) is 1. The van der Waals surface area contributed by atoms with Crippen molar-refractivity contribution in [3.63, 3.8) is 0 Å². The van der Waals surface area contributed by atoms with Crippen LogP contribution in [-0.2, 0) is 0 Å². The molecule has 0 bridgehead atoms. The molecule has 0 aliphatic rings. The summed E-state index contributed by atoms with van der Waals surface area (Å²) < 4.78 is 5.47. The summed E-state index contributed by atoms with van der Waals surface area (Å²) in [5, 5.41) is 20.0. The molecule has 0 saturated heterocycles. The highest BCUT2D eigenvalue weighted by Crippen LogP contribution is 2.33. The lowest BCUT2D eigenvalue weighted by atomic mass is 10.0. The van der Waals surface area contributed by atoms with E-state index in [9.17, 15) is 14.9 Å². The summed E-state index contributed by atoms with van der Waals surface area (Å²) in [5.41, 5.74) is 0.651. The zero-order valence-corrected chi connectivity index (χ0v) is 11.3. The van der Waals surface area contributed by atoms with Crippen LogP contribution in [0.15, 0.2) is 42.5 Å². The zero-order chi connectivity index (χ0) is 15.4. The second-order valence-corrected chi connectivity index (χ2v) is 4.26. The number of carboxylic acids is 1. The maximum absolute atomic E-state index is 11.1. The van der Waals surface area contributed by atoms with Crippen LogP contribution < -0.4 is 4.74 Å². The fourth-order valence-electron chi connectivity index (χ4n) is 1.98. The Bertz CT molecular complexity index is 664. The van der Waals surface area contributed by atoms with Crippen molar-refractivity contribution >= 4 is 11.7 Å². The van der Waals surface area contributed by atoms with Crippen molar-refractivity contribution in [3.8, 4) is 16.9 Å². The Morgan fingerprint density at radius 2 is 2.00 bits per heavy atom. The summed E-state index contributed by atoms with van der Waals surface area (Å²) in [5.74, 6) is -0.661. The molecule has 0 spiro atoms. The van der Waals surface area contributed by atoms with E-state index in [2.05, 4.69) is 0 Å². The third-order valence-corrected chi connectivity index (χ3v) is 2.87. The van der Waals surface area contributed by atoms with E-state index in [0.29, 0.717) is 23.5 Å². The van der Waals surface area contributed by atoms with E-state index in [-0.39, 0.29) is 11.3 Å². The molecule has 2 rings (SSSR count). The molecule has 0 aliphatic heterocycles. The number of rotatable bonds is 5. The predicted molar refractivity (Wildman–Crippen MR) is 76.7 cm³/mol. The Balaban J connectivity index is 2.63. The number of carbonyl (C=O) groups is 1. The van der Waals surface area contributed by atoms with E-state index < -0.39 is 10.9 Å². The van der Waals surface area contributed by atoms with Gasteiger partial charge in [0.1, 0.15) is 5.75 Å². The van der Waals surface area contributed by atoms with Crippen LogP contribution in [0.25, 0.3) is 11.1 Å². The topological polar surface area (TPSA) is 89.7 Å². The molecule has 0 aliphatic carbocycles. The molecule has 6 heteroatoms. The van der Waals surface area contributed by atoms with Gasteiger partial charge in [0.2, 0.25) is 0 Å². The molecule has 0 unspecified atom stereocenters. The minimum Gasteiger partial charge on any atom is -0.493 e. The quantitative estimate of drug-likeness (QED) is 0.672. The van der Waals surface area contributed by atoms with Gasteiger partial charge in [-0.3, -0.25) is 10.1 Å². The van der Waals surface area contributed by atoms with E-state index in [1.807, 2.05) is 6.92 Å². The molecule has 2 aromatic rings. The van der Waals surface area contributed by atoms with Gasteiger partial charge in [-0.1, -0.05) is 18.2 Å². The molecular weight excluding hydrogens is 274 g/mol. The van der Waals surface area contributed by atoms with Crippen LogP contribution in [0, 0.1) is 10.1 Å². The second-order valence-electron chi connectivity index (χ2n) is 4.26. The van der Waals surface area contributed by atoms with Gasteiger partial charge in [-0.2, -0.15) is 0 Å². The fourth-order valence-corrected chi connectivity index (χ4v) is 1.98. The first-order valence-corrected chi connectivity index (χ1v) is 6.28. The van der Waals surface area contributed by atoms with Gasteiger partial charge in [-0.05, 0) is 24.6 Å². The average molecular weight is 287 g/mol. The van der Waals surface area contributed by atoms with Crippen molar-refractivity contribution in [1.82, 2.24) is 0 Å². The van der Waals surface area contributed by atoms with Crippen LogP contribution in [0.1, 0.15) is 17.3 Å². The number of non-ortho nitro benzene ring substituents is 1. The lowest BCUT2D eigenvalue weighted by Crippen LogP contribution is -2.00. The summed E-state index contributed by atoms with van der Waals surface area (Å²) in [6, 6.07) is 10.8. The van der Waals surface area contributed by atoms with Crippen LogP contribution in [0.5, 0.6) is 5.75 Å². The normalized spacial score (nSPS) is 10.1. The number of carboxylic acid groups (broad SMARTS) is 1. The molecule has 0 saturated carbocycles. The first-order chi connectivity index (χ1) is 10.0. The van der Waals surface area contributed by atoms with Crippen LogP contribution in [0.4, 0.5) is 5.69 Å². The third-order valence-electron chi connectivity index (χ3n) is 2.87. The van der Waals surface area contributed by atoms with Crippen LogP contribution in [-0.4, -0.2) is 22.6 Å². The van der Waals surface area contributed by atoms with Gasteiger partial charge in [-0.25, -0.2) is 4.79 Å². The zero-order valence-electron chi connectivity index (χ0n) is 11.3. The number of nitrogens with zero attached hydrogens (tertiary/aromatic N) is 1. The number of ether oxygens (including phenoxy) is 1. The van der Waals surface area contributed by atoms with Crippen LogP contribution in [0.3, 0.4) is 0 Å². The lowest BCUT2D eigenvalue weighted by molar-refractivity contribution is -0.384. The maximum atomic E-state index is 11.1. The third kappa shape index (κ3) is 3.17. The number of nitro benzene ring substituents is 1. The van der Waals surface area contributed by atoms with Crippen molar-refractivity contribution in [1.29, 1.82) is 0 Å². The van der Waals surface area contributed by atoms with Crippen molar-refractivity contribution in [2.24, 2.45) is 0 Å².